The normalized spacial score (nSPS) is 12.1. The van der Waals surface area contributed by atoms with Gasteiger partial charge < -0.3 is 9.84 Å². The highest BCUT2D eigenvalue weighted by Gasteiger charge is 2.14. The third kappa shape index (κ3) is 25.4. The summed E-state index contributed by atoms with van der Waals surface area (Å²) in [6.45, 7) is 4.49. The van der Waals surface area contributed by atoms with Crippen molar-refractivity contribution in [3.63, 3.8) is 0 Å². The molecule has 0 bridgehead atoms. The first kappa shape index (κ1) is 31.9. The van der Waals surface area contributed by atoms with Crippen LogP contribution in [-0.4, -0.2) is 23.1 Å². The molecule has 196 valence electrons. The molecule has 33 heavy (non-hydrogen) atoms. The molecule has 0 radical (unpaired) electrons. The number of carboxylic acid groups (broad SMARTS) is 1. The zero-order chi connectivity index (χ0) is 24.4. The lowest BCUT2D eigenvalue weighted by Crippen LogP contribution is -2.18. The molecule has 0 aromatic carbocycles. The molecule has 0 amide bonds. The molecule has 4 nitrogen and oxygen atoms in total. The Morgan fingerprint density at radius 3 is 1.33 bits per heavy atom. The Labute approximate surface area is 205 Å². The number of unbranched alkanes of at least 4 members (excludes halogenated alkanes) is 17. The van der Waals surface area contributed by atoms with Gasteiger partial charge in [0.15, 0.2) is 0 Å². The molecule has 0 aliphatic carbocycles. The number of esters is 1. The molecule has 0 saturated heterocycles. The number of hydrogen-bond acceptors (Lipinski definition) is 3. The number of carboxylic acids is 1. The second-order valence-corrected chi connectivity index (χ2v) is 9.95. The van der Waals surface area contributed by atoms with Gasteiger partial charge in [0, 0.05) is 12.8 Å². The Balaban J connectivity index is 3.97. The van der Waals surface area contributed by atoms with Gasteiger partial charge in [0.1, 0.15) is 6.10 Å². The average molecular weight is 469 g/mol. The Bertz CT molecular complexity index is 435. The van der Waals surface area contributed by atoms with Crippen LogP contribution in [0.3, 0.4) is 0 Å². The largest absolute Gasteiger partial charge is 0.481 e. The average Bonchev–Trinajstić information content (AvgIpc) is 2.79. The highest BCUT2D eigenvalue weighted by Crippen LogP contribution is 2.18. The van der Waals surface area contributed by atoms with Crippen LogP contribution in [0, 0.1) is 0 Å². The van der Waals surface area contributed by atoms with Gasteiger partial charge in [-0.1, -0.05) is 117 Å². The number of carbonyl (C=O) groups is 2. The van der Waals surface area contributed by atoms with Gasteiger partial charge in [0.05, 0.1) is 0 Å². The molecule has 4 heteroatoms. The van der Waals surface area contributed by atoms with E-state index in [1.165, 1.54) is 83.5 Å². The fraction of sp³-hybridized carbons (Fsp3) is 0.931. The van der Waals surface area contributed by atoms with Crippen LogP contribution in [0.1, 0.15) is 168 Å². The van der Waals surface area contributed by atoms with Crippen molar-refractivity contribution in [2.45, 2.75) is 174 Å². The van der Waals surface area contributed by atoms with E-state index in [4.69, 9.17) is 9.84 Å². The summed E-state index contributed by atoms with van der Waals surface area (Å²) in [7, 11) is 0. The maximum absolute atomic E-state index is 12.4. The van der Waals surface area contributed by atoms with Crippen molar-refractivity contribution in [2.24, 2.45) is 0 Å². The van der Waals surface area contributed by atoms with Gasteiger partial charge in [-0.2, -0.15) is 0 Å². The molecule has 0 saturated carbocycles. The molecule has 0 rings (SSSR count). The number of hydrogen-bond donors (Lipinski definition) is 1. The van der Waals surface area contributed by atoms with E-state index in [2.05, 4.69) is 13.8 Å². The lowest BCUT2D eigenvalue weighted by molar-refractivity contribution is -0.150. The minimum Gasteiger partial charge on any atom is -0.481 e. The van der Waals surface area contributed by atoms with E-state index in [-0.39, 0.29) is 18.5 Å². The van der Waals surface area contributed by atoms with E-state index >= 15 is 0 Å². The quantitative estimate of drug-likeness (QED) is 0.101. The van der Waals surface area contributed by atoms with Gasteiger partial charge >= 0.3 is 11.9 Å². The number of carbonyl (C=O) groups excluding carboxylic acids is 1. The summed E-state index contributed by atoms with van der Waals surface area (Å²) in [5.74, 6) is -0.728. The third-order valence-electron chi connectivity index (χ3n) is 6.58. The van der Waals surface area contributed by atoms with Gasteiger partial charge in [-0.05, 0) is 38.5 Å². The zero-order valence-electron chi connectivity index (χ0n) is 22.2. The van der Waals surface area contributed by atoms with Gasteiger partial charge in [-0.3, -0.25) is 9.59 Å². The number of aliphatic carboxylic acids is 1. The van der Waals surface area contributed by atoms with Gasteiger partial charge in [-0.15, -0.1) is 0 Å². The molecule has 1 atom stereocenters. The van der Waals surface area contributed by atoms with Crippen molar-refractivity contribution in [3.05, 3.63) is 0 Å². The summed E-state index contributed by atoms with van der Waals surface area (Å²) in [5, 5.41) is 8.75. The molecule has 0 fully saturated rings. The summed E-state index contributed by atoms with van der Waals surface area (Å²) in [6.07, 6.45) is 26.8. The van der Waals surface area contributed by atoms with Crippen molar-refractivity contribution < 1.29 is 19.4 Å². The molecule has 0 heterocycles. The van der Waals surface area contributed by atoms with Gasteiger partial charge in [0.2, 0.25) is 0 Å². The van der Waals surface area contributed by atoms with Crippen LogP contribution in [0.2, 0.25) is 0 Å². The Kier molecular flexibility index (Phi) is 24.7. The topological polar surface area (TPSA) is 63.6 Å². The van der Waals surface area contributed by atoms with Crippen molar-refractivity contribution in [1.29, 1.82) is 0 Å². The minimum atomic E-state index is -0.711. The molecule has 0 spiro atoms. The number of rotatable bonds is 26. The molecule has 1 unspecified atom stereocenters. The highest BCUT2D eigenvalue weighted by atomic mass is 16.5. The van der Waals surface area contributed by atoms with Gasteiger partial charge in [0.25, 0.3) is 0 Å². The van der Waals surface area contributed by atoms with Crippen LogP contribution in [0.5, 0.6) is 0 Å². The standard InChI is InChI=1S/C29H56O4/c1-3-5-7-9-11-12-13-14-16-22-26-29(32)33-27(23-19-15-10-8-6-4-2)24-20-17-18-21-25-28(30)31/h27H,3-26H2,1-2H3,(H,30,31). The summed E-state index contributed by atoms with van der Waals surface area (Å²) < 4.78 is 5.87. The second kappa shape index (κ2) is 25.6. The first-order chi connectivity index (χ1) is 16.1. The zero-order valence-corrected chi connectivity index (χ0v) is 22.2. The van der Waals surface area contributed by atoms with Crippen molar-refractivity contribution >= 4 is 11.9 Å². The summed E-state index contributed by atoms with van der Waals surface area (Å²) >= 11 is 0. The molecule has 1 N–H and O–H groups in total. The monoisotopic (exact) mass is 468 g/mol. The van der Waals surface area contributed by atoms with Crippen LogP contribution in [0.15, 0.2) is 0 Å². The van der Waals surface area contributed by atoms with E-state index < -0.39 is 5.97 Å². The second-order valence-electron chi connectivity index (χ2n) is 9.95. The maximum Gasteiger partial charge on any atom is 0.306 e. The molecular weight excluding hydrogens is 412 g/mol. The Morgan fingerprint density at radius 2 is 0.909 bits per heavy atom. The van der Waals surface area contributed by atoms with Crippen LogP contribution < -0.4 is 0 Å². The van der Waals surface area contributed by atoms with Crippen molar-refractivity contribution in [3.8, 4) is 0 Å². The van der Waals surface area contributed by atoms with Crippen molar-refractivity contribution in [2.75, 3.05) is 0 Å². The molecular formula is C29H56O4. The first-order valence-corrected chi connectivity index (χ1v) is 14.5. The van der Waals surface area contributed by atoms with Crippen molar-refractivity contribution in [1.82, 2.24) is 0 Å². The number of ether oxygens (including phenoxy) is 1. The predicted molar refractivity (Wildman–Crippen MR) is 140 cm³/mol. The minimum absolute atomic E-state index is 0.0172. The van der Waals surface area contributed by atoms with Gasteiger partial charge in [-0.25, -0.2) is 0 Å². The fourth-order valence-corrected chi connectivity index (χ4v) is 4.42. The lowest BCUT2D eigenvalue weighted by Gasteiger charge is -2.18. The maximum atomic E-state index is 12.4. The SMILES string of the molecule is CCCCCCCCCCCCC(=O)OC(CCCCCCCC)CCCCCCC(=O)O. The smallest absolute Gasteiger partial charge is 0.306 e. The molecule has 0 aromatic rings. The Hall–Kier alpha value is -1.06. The highest BCUT2D eigenvalue weighted by molar-refractivity contribution is 5.69. The third-order valence-corrected chi connectivity index (χ3v) is 6.58. The summed E-state index contributed by atoms with van der Waals surface area (Å²) in [6, 6.07) is 0. The predicted octanol–water partition coefficient (Wildman–Crippen LogP) is 9.39. The summed E-state index contributed by atoms with van der Waals surface area (Å²) in [5.41, 5.74) is 0. The molecule has 0 aliphatic rings. The van der Waals surface area contributed by atoms with Crippen LogP contribution in [0.25, 0.3) is 0 Å². The lowest BCUT2D eigenvalue weighted by atomic mass is 10.0. The van der Waals surface area contributed by atoms with E-state index in [0.717, 1.165) is 57.8 Å². The van der Waals surface area contributed by atoms with E-state index in [9.17, 15) is 9.59 Å². The van der Waals surface area contributed by atoms with E-state index in [1.807, 2.05) is 0 Å². The first-order valence-electron chi connectivity index (χ1n) is 14.5. The molecule has 0 aliphatic heterocycles. The van der Waals surface area contributed by atoms with E-state index in [1.54, 1.807) is 0 Å². The Morgan fingerprint density at radius 1 is 0.545 bits per heavy atom. The summed E-state index contributed by atoms with van der Waals surface area (Å²) in [4.78, 5) is 23.0. The fourth-order valence-electron chi connectivity index (χ4n) is 4.42. The van der Waals surface area contributed by atoms with Crippen LogP contribution in [0.4, 0.5) is 0 Å². The van der Waals surface area contributed by atoms with Crippen LogP contribution >= 0.6 is 0 Å². The van der Waals surface area contributed by atoms with E-state index in [0.29, 0.717) is 6.42 Å². The van der Waals surface area contributed by atoms with Crippen LogP contribution in [-0.2, 0) is 14.3 Å². The molecule has 0 aromatic heterocycles.